The average molecular weight is 334 g/mol. The Kier molecular flexibility index (Phi) is 5.42. The summed E-state index contributed by atoms with van der Waals surface area (Å²) >= 11 is 0. The fourth-order valence-corrected chi connectivity index (χ4v) is 3.61. The van der Waals surface area contributed by atoms with Crippen LogP contribution in [0, 0.1) is 5.92 Å². The highest BCUT2D eigenvalue weighted by molar-refractivity contribution is 5.91. The van der Waals surface area contributed by atoms with Gasteiger partial charge < -0.3 is 0 Å². The second-order valence-electron chi connectivity index (χ2n) is 7.26. The van der Waals surface area contributed by atoms with E-state index in [1.807, 2.05) is 12.4 Å². The highest BCUT2D eigenvalue weighted by Crippen LogP contribution is 2.36. The Morgan fingerprint density at radius 3 is 2.16 bits per heavy atom. The van der Waals surface area contributed by atoms with Crippen LogP contribution in [0.5, 0.6) is 0 Å². The number of carbonyl (C=O) groups excluding carboxylic acids is 1. The van der Waals surface area contributed by atoms with E-state index >= 15 is 0 Å². The molecule has 1 fully saturated rings. The first kappa shape index (κ1) is 17.5. The van der Waals surface area contributed by atoms with Crippen molar-refractivity contribution in [2.75, 3.05) is 0 Å². The second-order valence-corrected chi connectivity index (χ2v) is 7.26. The van der Waals surface area contributed by atoms with Gasteiger partial charge in [-0.05, 0) is 48.8 Å². The van der Waals surface area contributed by atoms with Gasteiger partial charge in [0.15, 0.2) is 5.78 Å². The molecular weight excluding hydrogens is 308 g/mol. The second kappa shape index (κ2) is 7.73. The number of ketones is 1. The van der Waals surface area contributed by atoms with Crippen LogP contribution in [-0.2, 0) is 4.79 Å². The molecule has 1 aromatic heterocycles. The van der Waals surface area contributed by atoms with E-state index < -0.39 is 0 Å². The number of allylic oxidation sites excluding steroid dienone is 1. The van der Waals surface area contributed by atoms with Gasteiger partial charge in [-0.2, -0.15) is 0 Å². The molecule has 1 heterocycles. The molecule has 0 N–H and O–H groups in total. The maximum Gasteiger partial charge on any atom is 0.158 e. The lowest BCUT2D eigenvalue weighted by Crippen LogP contribution is -2.19. The minimum absolute atomic E-state index is 0.185. The van der Waals surface area contributed by atoms with Gasteiger partial charge in [-0.3, -0.25) is 4.79 Å². The molecule has 3 nitrogen and oxygen atoms in total. The van der Waals surface area contributed by atoms with Crippen molar-refractivity contribution in [1.82, 2.24) is 9.97 Å². The number of aromatic nitrogens is 2. The molecule has 130 valence electrons. The van der Waals surface area contributed by atoms with E-state index in [9.17, 15) is 4.79 Å². The zero-order chi connectivity index (χ0) is 17.8. The maximum atomic E-state index is 11.7. The van der Waals surface area contributed by atoms with Crippen LogP contribution in [0.1, 0.15) is 62.8 Å². The normalized spacial score (nSPS) is 20.4. The molecule has 1 saturated carbocycles. The van der Waals surface area contributed by atoms with E-state index in [0.29, 0.717) is 11.8 Å². The highest BCUT2D eigenvalue weighted by atomic mass is 16.1. The molecule has 0 spiro atoms. The molecule has 0 amide bonds. The number of benzene rings is 1. The first-order chi connectivity index (χ1) is 12.1. The Morgan fingerprint density at radius 2 is 1.64 bits per heavy atom. The largest absolute Gasteiger partial charge is 0.295 e. The molecule has 0 saturated heterocycles. The summed E-state index contributed by atoms with van der Waals surface area (Å²) in [6.07, 6.45) is 9.40. The van der Waals surface area contributed by atoms with Gasteiger partial charge in [0.25, 0.3) is 0 Å². The number of nitrogens with zero attached hydrogens (tertiary/aromatic N) is 2. The molecular formula is C22H26N2O. The standard InChI is InChI=1S/C22H26N2O/c1-4-21(25)19-11-9-17(10-12-19)16-5-7-18(8-6-16)20-13-23-22(15(2)3)24-14-20/h4-8,13-15,17,19H,1,9-12H2,2-3H3/t17-,19+. The Hall–Kier alpha value is -2.29. The summed E-state index contributed by atoms with van der Waals surface area (Å²) in [6.45, 7) is 7.80. The number of hydrogen-bond donors (Lipinski definition) is 0. The average Bonchev–Trinajstić information content (AvgIpc) is 2.67. The van der Waals surface area contributed by atoms with Crippen molar-refractivity contribution in [3.05, 3.63) is 60.7 Å². The summed E-state index contributed by atoms with van der Waals surface area (Å²) in [5.41, 5.74) is 3.57. The van der Waals surface area contributed by atoms with Gasteiger partial charge in [-0.1, -0.05) is 44.7 Å². The van der Waals surface area contributed by atoms with E-state index in [1.165, 1.54) is 11.6 Å². The lowest BCUT2D eigenvalue weighted by atomic mass is 9.77. The Bertz CT molecular complexity index is 724. The zero-order valence-corrected chi connectivity index (χ0v) is 15.1. The van der Waals surface area contributed by atoms with Crippen molar-refractivity contribution in [2.45, 2.75) is 51.4 Å². The lowest BCUT2D eigenvalue weighted by molar-refractivity contribution is -0.119. The molecule has 3 heteroatoms. The van der Waals surface area contributed by atoms with Crippen LogP contribution in [0.15, 0.2) is 49.3 Å². The molecule has 0 bridgehead atoms. The summed E-state index contributed by atoms with van der Waals surface area (Å²) in [7, 11) is 0. The summed E-state index contributed by atoms with van der Waals surface area (Å²) < 4.78 is 0. The quantitative estimate of drug-likeness (QED) is 0.697. The minimum Gasteiger partial charge on any atom is -0.295 e. The van der Waals surface area contributed by atoms with Crippen molar-refractivity contribution in [3.8, 4) is 11.1 Å². The predicted octanol–water partition coefficient (Wildman–Crippen LogP) is 5.30. The van der Waals surface area contributed by atoms with Crippen LogP contribution in [0.3, 0.4) is 0 Å². The topological polar surface area (TPSA) is 42.9 Å². The zero-order valence-electron chi connectivity index (χ0n) is 15.1. The van der Waals surface area contributed by atoms with Crippen LogP contribution < -0.4 is 0 Å². The van der Waals surface area contributed by atoms with E-state index in [2.05, 4.69) is 54.7 Å². The summed E-state index contributed by atoms with van der Waals surface area (Å²) in [5, 5.41) is 0. The highest BCUT2D eigenvalue weighted by Gasteiger charge is 2.25. The SMILES string of the molecule is C=CC(=O)[C@H]1CC[C@@H](c2ccc(-c3cnc(C(C)C)nc3)cc2)CC1. The van der Waals surface area contributed by atoms with Crippen LogP contribution in [0.25, 0.3) is 11.1 Å². The summed E-state index contributed by atoms with van der Waals surface area (Å²) in [5.74, 6) is 2.18. The van der Waals surface area contributed by atoms with E-state index in [4.69, 9.17) is 0 Å². The fraction of sp³-hybridized carbons (Fsp3) is 0.409. The molecule has 0 atom stereocenters. The van der Waals surface area contributed by atoms with Crippen LogP contribution in [0.4, 0.5) is 0 Å². The van der Waals surface area contributed by atoms with Crippen molar-refractivity contribution < 1.29 is 4.79 Å². The van der Waals surface area contributed by atoms with Gasteiger partial charge in [-0.15, -0.1) is 0 Å². The fourth-order valence-electron chi connectivity index (χ4n) is 3.61. The van der Waals surface area contributed by atoms with E-state index in [-0.39, 0.29) is 11.7 Å². The van der Waals surface area contributed by atoms with E-state index in [1.54, 1.807) is 0 Å². The van der Waals surface area contributed by atoms with Gasteiger partial charge in [0, 0.05) is 29.8 Å². The van der Waals surface area contributed by atoms with Crippen molar-refractivity contribution in [3.63, 3.8) is 0 Å². The molecule has 3 rings (SSSR count). The number of hydrogen-bond acceptors (Lipinski definition) is 3. The molecule has 0 radical (unpaired) electrons. The third-order valence-corrected chi connectivity index (χ3v) is 5.23. The summed E-state index contributed by atoms with van der Waals surface area (Å²) in [4.78, 5) is 20.6. The lowest BCUT2D eigenvalue weighted by Gasteiger charge is -2.27. The Balaban J connectivity index is 1.66. The molecule has 25 heavy (non-hydrogen) atoms. The molecule has 1 aromatic carbocycles. The first-order valence-corrected chi connectivity index (χ1v) is 9.17. The maximum absolute atomic E-state index is 11.7. The summed E-state index contributed by atoms with van der Waals surface area (Å²) in [6, 6.07) is 8.74. The van der Waals surface area contributed by atoms with Gasteiger partial charge in [0.2, 0.25) is 0 Å². The van der Waals surface area contributed by atoms with Crippen LogP contribution in [-0.4, -0.2) is 15.8 Å². The smallest absolute Gasteiger partial charge is 0.158 e. The monoisotopic (exact) mass is 334 g/mol. The Labute approximate surface area is 150 Å². The molecule has 0 unspecified atom stereocenters. The van der Waals surface area contributed by atoms with E-state index in [0.717, 1.165) is 42.6 Å². The van der Waals surface area contributed by atoms with Gasteiger partial charge in [0.1, 0.15) is 5.82 Å². The third-order valence-electron chi connectivity index (χ3n) is 5.23. The van der Waals surface area contributed by atoms with Crippen molar-refractivity contribution >= 4 is 5.78 Å². The number of rotatable bonds is 5. The third kappa shape index (κ3) is 4.04. The van der Waals surface area contributed by atoms with Crippen LogP contribution >= 0.6 is 0 Å². The molecule has 0 aliphatic heterocycles. The van der Waals surface area contributed by atoms with Gasteiger partial charge >= 0.3 is 0 Å². The van der Waals surface area contributed by atoms with Gasteiger partial charge in [-0.25, -0.2) is 9.97 Å². The molecule has 2 aromatic rings. The molecule has 1 aliphatic carbocycles. The van der Waals surface area contributed by atoms with Crippen LogP contribution in [0.2, 0.25) is 0 Å². The van der Waals surface area contributed by atoms with Crippen molar-refractivity contribution in [1.29, 1.82) is 0 Å². The van der Waals surface area contributed by atoms with Gasteiger partial charge in [0.05, 0.1) is 0 Å². The number of carbonyl (C=O) groups is 1. The predicted molar refractivity (Wildman–Crippen MR) is 101 cm³/mol. The Morgan fingerprint density at radius 1 is 1.04 bits per heavy atom. The van der Waals surface area contributed by atoms with Crippen molar-refractivity contribution in [2.24, 2.45) is 5.92 Å². The first-order valence-electron chi connectivity index (χ1n) is 9.17. The minimum atomic E-state index is 0.185. The molecule has 1 aliphatic rings.